The Balaban J connectivity index is 3.70. The topological polar surface area (TPSA) is 15.6 Å². The second kappa shape index (κ2) is 6.20. The summed E-state index contributed by atoms with van der Waals surface area (Å²) in [5, 5.41) is 0. The fraction of sp³-hybridized carbons (Fsp3) is 0.889. The summed E-state index contributed by atoms with van der Waals surface area (Å²) in [6.45, 7) is 5.49. The summed E-state index contributed by atoms with van der Waals surface area (Å²) >= 11 is 0. The van der Waals surface area contributed by atoms with Gasteiger partial charge in [0, 0.05) is 27.1 Å². The summed E-state index contributed by atoms with van der Waals surface area (Å²) in [7, 11) is 3.97. The maximum absolute atomic E-state index is 4.20. The van der Waals surface area contributed by atoms with Crippen molar-refractivity contribution in [2.75, 3.05) is 20.6 Å². The number of aliphatic imine (C=N–C) groups is 1. The van der Waals surface area contributed by atoms with Crippen molar-refractivity contribution in [3.63, 3.8) is 0 Å². The third kappa shape index (κ3) is 4.02. The van der Waals surface area contributed by atoms with E-state index in [1.165, 1.54) is 18.7 Å². The van der Waals surface area contributed by atoms with Gasteiger partial charge in [0.2, 0.25) is 0 Å². The molecule has 0 atom stereocenters. The van der Waals surface area contributed by atoms with Gasteiger partial charge in [0.1, 0.15) is 0 Å². The molecule has 0 unspecified atom stereocenters. The Morgan fingerprint density at radius 3 is 2.36 bits per heavy atom. The molecule has 0 fully saturated rings. The molecule has 0 aliphatic heterocycles. The molecular weight excluding hydrogens is 136 g/mol. The molecule has 0 aliphatic rings. The first-order valence-corrected chi connectivity index (χ1v) is 4.43. The molecule has 0 N–H and O–H groups in total. The fourth-order valence-electron chi connectivity index (χ4n) is 1.12. The average molecular weight is 156 g/mol. The van der Waals surface area contributed by atoms with Crippen LogP contribution < -0.4 is 0 Å². The Kier molecular flexibility index (Phi) is 5.90. The molecule has 0 aromatic carbocycles. The molecular formula is C9H20N2. The van der Waals surface area contributed by atoms with Gasteiger partial charge < -0.3 is 4.90 Å². The number of hydrogen-bond donors (Lipinski definition) is 0. The quantitative estimate of drug-likeness (QED) is 0.450. The molecule has 0 aromatic rings. The molecule has 2 nitrogen and oxygen atoms in total. The molecule has 0 heterocycles. The van der Waals surface area contributed by atoms with Gasteiger partial charge in [-0.05, 0) is 6.42 Å². The zero-order valence-electron chi connectivity index (χ0n) is 8.22. The molecule has 0 amide bonds. The van der Waals surface area contributed by atoms with Gasteiger partial charge in [0.05, 0.1) is 5.84 Å². The number of amidine groups is 1. The molecule has 66 valence electrons. The van der Waals surface area contributed by atoms with E-state index in [9.17, 15) is 0 Å². The summed E-state index contributed by atoms with van der Waals surface area (Å²) in [6.07, 6.45) is 3.55. The van der Waals surface area contributed by atoms with Crippen molar-refractivity contribution in [1.29, 1.82) is 0 Å². The molecule has 0 bridgehead atoms. The van der Waals surface area contributed by atoms with Gasteiger partial charge in [0.25, 0.3) is 0 Å². The van der Waals surface area contributed by atoms with E-state index in [4.69, 9.17) is 0 Å². The van der Waals surface area contributed by atoms with E-state index in [0.717, 1.165) is 13.0 Å². The van der Waals surface area contributed by atoms with Gasteiger partial charge >= 0.3 is 0 Å². The van der Waals surface area contributed by atoms with Crippen molar-refractivity contribution in [1.82, 2.24) is 4.90 Å². The van der Waals surface area contributed by atoms with E-state index >= 15 is 0 Å². The van der Waals surface area contributed by atoms with Crippen LogP contribution >= 0.6 is 0 Å². The van der Waals surface area contributed by atoms with Crippen molar-refractivity contribution in [2.45, 2.75) is 33.1 Å². The normalized spacial score (nSPS) is 11.8. The number of nitrogens with zero attached hydrogens (tertiary/aromatic N) is 2. The SMILES string of the molecule is CCCCN(C)/C(CC)=N\C. The van der Waals surface area contributed by atoms with Crippen LogP contribution in [0.15, 0.2) is 4.99 Å². The molecule has 11 heavy (non-hydrogen) atoms. The molecule has 0 radical (unpaired) electrons. The molecule has 0 saturated carbocycles. The van der Waals surface area contributed by atoms with Gasteiger partial charge in [-0.15, -0.1) is 0 Å². The molecule has 0 aliphatic carbocycles. The van der Waals surface area contributed by atoms with Crippen molar-refractivity contribution in [3.8, 4) is 0 Å². The van der Waals surface area contributed by atoms with Gasteiger partial charge in [-0.1, -0.05) is 20.3 Å². The Morgan fingerprint density at radius 2 is 2.00 bits per heavy atom. The van der Waals surface area contributed by atoms with Gasteiger partial charge in [-0.2, -0.15) is 0 Å². The predicted octanol–water partition coefficient (Wildman–Crippen LogP) is 2.16. The van der Waals surface area contributed by atoms with Crippen molar-refractivity contribution < 1.29 is 0 Å². The van der Waals surface area contributed by atoms with Crippen LogP contribution in [0.1, 0.15) is 33.1 Å². The minimum Gasteiger partial charge on any atom is -0.363 e. The molecule has 0 aromatic heterocycles. The summed E-state index contributed by atoms with van der Waals surface area (Å²) < 4.78 is 0. The first-order chi connectivity index (χ1) is 5.26. The first-order valence-electron chi connectivity index (χ1n) is 4.43. The van der Waals surface area contributed by atoms with Crippen molar-refractivity contribution in [3.05, 3.63) is 0 Å². The summed E-state index contributed by atoms with van der Waals surface area (Å²) in [4.78, 5) is 6.44. The lowest BCUT2D eigenvalue weighted by Crippen LogP contribution is -2.26. The summed E-state index contributed by atoms with van der Waals surface area (Å²) in [6, 6.07) is 0. The highest BCUT2D eigenvalue weighted by Crippen LogP contribution is 1.96. The van der Waals surface area contributed by atoms with Crippen LogP contribution in [-0.2, 0) is 0 Å². The third-order valence-electron chi connectivity index (χ3n) is 1.86. The smallest absolute Gasteiger partial charge is 0.0980 e. The number of unbranched alkanes of at least 4 members (excludes halogenated alkanes) is 1. The molecule has 2 heteroatoms. The lowest BCUT2D eigenvalue weighted by Gasteiger charge is -2.19. The van der Waals surface area contributed by atoms with Crippen LogP contribution in [-0.4, -0.2) is 31.4 Å². The molecule has 0 spiro atoms. The summed E-state index contributed by atoms with van der Waals surface area (Å²) in [5.41, 5.74) is 0. The van der Waals surface area contributed by atoms with Crippen LogP contribution in [0.2, 0.25) is 0 Å². The maximum Gasteiger partial charge on any atom is 0.0980 e. The first kappa shape index (κ1) is 10.5. The van der Waals surface area contributed by atoms with Crippen LogP contribution in [0.25, 0.3) is 0 Å². The number of hydrogen-bond acceptors (Lipinski definition) is 1. The molecule has 0 saturated heterocycles. The Morgan fingerprint density at radius 1 is 1.36 bits per heavy atom. The van der Waals surface area contributed by atoms with Crippen molar-refractivity contribution in [2.24, 2.45) is 4.99 Å². The minimum atomic E-state index is 1.04. The highest BCUT2D eigenvalue weighted by Gasteiger charge is 2.00. The second-order valence-corrected chi connectivity index (χ2v) is 2.77. The van der Waals surface area contributed by atoms with E-state index < -0.39 is 0 Å². The predicted molar refractivity (Wildman–Crippen MR) is 51.2 cm³/mol. The minimum absolute atomic E-state index is 1.04. The monoisotopic (exact) mass is 156 g/mol. The van der Waals surface area contributed by atoms with E-state index in [1.807, 2.05) is 7.05 Å². The zero-order valence-corrected chi connectivity index (χ0v) is 8.22. The largest absolute Gasteiger partial charge is 0.363 e. The van der Waals surface area contributed by atoms with Crippen LogP contribution in [0.5, 0.6) is 0 Å². The Labute approximate surface area is 70.3 Å². The van der Waals surface area contributed by atoms with E-state index in [2.05, 4.69) is 30.8 Å². The lowest BCUT2D eigenvalue weighted by molar-refractivity contribution is 0.475. The van der Waals surface area contributed by atoms with Gasteiger partial charge in [-0.25, -0.2) is 0 Å². The number of rotatable bonds is 4. The van der Waals surface area contributed by atoms with E-state index in [1.54, 1.807) is 0 Å². The van der Waals surface area contributed by atoms with Crippen LogP contribution in [0, 0.1) is 0 Å². The van der Waals surface area contributed by atoms with Crippen LogP contribution in [0.4, 0.5) is 0 Å². The molecule has 0 rings (SSSR count). The lowest BCUT2D eigenvalue weighted by atomic mass is 10.3. The maximum atomic E-state index is 4.20. The second-order valence-electron chi connectivity index (χ2n) is 2.77. The summed E-state index contributed by atoms with van der Waals surface area (Å²) in [5.74, 6) is 1.21. The highest BCUT2D eigenvalue weighted by molar-refractivity contribution is 5.81. The van der Waals surface area contributed by atoms with Crippen molar-refractivity contribution >= 4 is 5.84 Å². The van der Waals surface area contributed by atoms with Gasteiger partial charge in [-0.3, -0.25) is 4.99 Å². The van der Waals surface area contributed by atoms with E-state index in [0.29, 0.717) is 0 Å². The Hall–Kier alpha value is -0.530. The fourth-order valence-corrected chi connectivity index (χ4v) is 1.12. The van der Waals surface area contributed by atoms with Crippen LogP contribution in [0.3, 0.4) is 0 Å². The van der Waals surface area contributed by atoms with Gasteiger partial charge in [0.15, 0.2) is 0 Å². The zero-order chi connectivity index (χ0) is 8.69. The van der Waals surface area contributed by atoms with E-state index in [-0.39, 0.29) is 0 Å². The third-order valence-corrected chi connectivity index (χ3v) is 1.86. The Bertz CT molecular complexity index is 119. The standard InChI is InChI=1S/C9H20N2/c1-5-7-8-11(4)9(6-2)10-3/h5-8H2,1-4H3/b10-9-. The highest BCUT2D eigenvalue weighted by atomic mass is 15.1. The average Bonchev–Trinajstić information content (AvgIpc) is 2.03.